The van der Waals surface area contributed by atoms with E-state index in [-0.39, 0.29) is 0 Å². The van der Waals surface area contributed by atoms with Gasteiger partial charge in [-0.1, -0.05) is 12.8 Å². The number of hydrogen-bond donors (Lipinski definition) is 2. The molecule has 0 radical (unpaired) electrons. The maximum atomic E-state index is 6.09. The van der Waals surface area contributed by atoms with Crippen LogP contribution in [0.2, 0.25) is 0 Å². The first-order chi connectivity index (χ1) is 9.64. The Bertz CT molecular complexity index is 459. The Labute approximate surface area is 125 Å². The number of thioether (sulfide) groups is 1. The molecule has 5 heteroatoms. The van der Waals surface area contributed by atoms with Gasteiger partial charge < -0.3 is 20.5 Å². The Kier molecular flexibility index (Phi) is 4.91. The molecule has 0 aliphatic heterocycles. The van der Waals surface area contributed by atoms with E-state index in [4.69, 9.17) is 15.2 Å². The number of nitrogen functional groups attached to an aromatic ring is 1. The predicted molar refractivity (Wildman–Crippen MR) is 87.2 cm³/mol. The minimum absolute atomic E-state index is 0.347. The summed E-state index contributed by atoms with van der Waals surface area (Å²) >= 11 is 1.96. The molecule has 1 aromatic rings. The van der Waals surface area contributed by atoms with Crippen LogP contribution in [0.3, 0.4) is 0 Å². The predicted octanol–water partition coefficient (Wildman–Crippen LogP) is 3.37. The second kappa shape index (κ2) is 6.48. The number of benzene rings is 1. The zero-order valence-corrected chi connectivity index (χ0v) is 13.3. The number of hydrogen-bond acceptors (Lipinski definition) is 5. The van der Waals surface area contributed by atoms with Crippen molar-refractivity contribution in [3.63, 3.8) is 0 Å². The summed E-state index contributed by atoms with van der Waals surface area (Å²) in [6, 6.07) is 3.72. The topological polar surface area (TPSA) is 56.5 Å². The molecule has 1 aliphatic rings. The third-order valence-electron chi connectivity index (χ3n) is 4.10. The number of methoxy groups -OCH3 is 2. The largest absolute Gasteiger partial charge is 0.493 e. The molecule has 1 fully saturated rings. The second-order valence-corrected chi connectivity index (χ2v) is 6.52. The van der Waals surface area contributed by atoms with Gasteiger partial charge in [-0.15, -0.1) is 0 Å². The quantitative estimate of drug-likeness (QED) is 0.788. The fourth-order valence-electron chi connectivity index (χ4n) is 2.78. The van der Waals surface area contributed by atoms with Crippen LogP contribution in [0.25, 0.3) is 0 Å². The first kappa shape index (κ1) is 15.2. The van der Waals surface area contributed by atoms with Crippen molar-refractivity contribution in [1.82, 2.24) is 0 Å². The van der Waals surface area contributed by atoms with Crippen molar-refractivity contribution in [2.45, 2.75) is 30.4 Å². The molecule has 1 aliphatic carbocycles. The summed E-state index contributed by atoms with van der Waals surface area (Å²) in [4.78, 5) is 0. The highest BCUT2D eigenvalue weighted by Gasteiger charge is 2.32. The molecule has 3 N–H and O–H groups in total. The number of ether oxygens (including phenoxy) is 2. The number of nitrogens with one attached hydrogen (secondary N) is 1. The third-order valence-corrected chi connectivity index (χ3v) is 5.52. The number of rotatable bonds is 6. The monoisotopic (exact) mass is 296 g/mol. The third kappa shape index (κ3) is 3.08. The van der Waals surface area contributed by atoms with Crippen molar-refractivity contribution >= 4 is 23.1 Å². The molecule has 0 amide bonds. The summed E-state index contributed by atoms with van der Waals surface area (Å²) in [6.45, 7) is 0.938. The maximum absolute atomic E-state index is 6.09. The smallest absolute Gasteiger partial charge is 0.162 e. The molecule has 1 aromatic carbocycles. The second-order valence-electron chi connectivity index (χ2n) is 5.24. The zero-order valence-electron chi connectivity index (χ0n) is 12.5. The van der Waals surface area contributed by atoms with Crippen LogP contribution in [0.4, 0.5) is 11.4 Å². The van der Waals surface area contributed by atoms with Crippen molar-refractivity contribution < 1.29 is 9.47 Å². The van der Waals surface area contributed by atoms with Gasteiger partial charge in [0.25, 0.3) is 0 Å². The van der Waals surface area contributed by atoms with Gasteiger partial charge in [0.2, 0.25) is 0 Å². The minimum atomic E-state index is 0.347. The molecule has 0 unspecified atom stereocenters. The fourth-order valence-corrected chi connectivity index (χ4v) is 3.69. The number of anilines is 2. The van der Waals surface area contributed by atoms with Crippen LogP contribution in [0.1, 0.15) is 25.7 Å². The molecular formula is C15H24N2O2S. The lowest BCUT2D eigenvalue weighted by atomic mass is 10.1. The van der Waals surface area contributed by atoms with E-state index in [1.54, 1.807) is 14.2 Å². The highest BCUT2D eigenvalue weighted by molar-refractivity contribution is 8.00. The van der Waals surface area contributed by atoms with Gasteiger partial charge in [-0.05, 0) is 19.1 Å². The molecule has 2 rings (SSSR count). The van der Waals surface area contributed by atoms with E-state index in [0.29, 0.717) is 21.9 Å². The van der Waals surface area contributed by atoms with Crippen LogP contribution in [0.5, 0.6) is 11.5 Å². The first-order valence-corrected chi connectivity index (χ1v) is 8.17. The number of nitrogens with two attached hydrogens (primary N) is 1. The molecule has 20 heavy (non-hydrogen) atoms. The Balaban J connectivity index is 2.13. The molecular weight excluding hydrogens is 272 g/mol. The first-order valence-electron chi connectivity index (χ1n) is 6.94. The molecule has 0 atom stereocenters. The molecule has 0 heterocycles. The molecule has 0 aromatic heterocycles. The highest BCUT2D eigenvalue weighted by atomic mass is 32.2. The summed E-state index contributed by atoms with van der Waals surface area (Å²) < 4.78 is 10.9. The van der Waals surface area contributed by atoms with Gasteiger partial charge in [0.15, 0.2) is 11.5 Å². The Morgan fingerprint density at radius 3 is 2.35 bits per heavy atom. The van der Waals surface area contributed by atoms with Crippen LogP contribution in [-0.4, -0.2) is 31.8 Å². The summed E-state index contributed by atoms with van der Waals surface area (Å²) in [6.07, 6.45) is 7.39. The van der Waals surface area contributed by atoms with Crippen LogP contribution >= 0.6 is 11.8 Å². The highest BCUT2D eigenvalue weighted by Crippen LogP contribution is 2.41. The summed E-state index contributed by atoms with van der Waals surface area (Å²) in [7, 11) is 3.25. The molecule has 4 nitrogen and oxygen atoms in total. The van der Waals surface area contributed by atoms with Crippen molar-refractivity contribution in [1.29, 1.82) is 0 Å². The standard InChI is InChI=1S/C15H24N2O2S/c1-18-13-8-11(16)12(9-14(13)19-2)17-10-15(20-3)6-4-5-7-15/h8-9,17H,4-7,10,16H2,1-3H3. The van der Waals surface area contributed by atoms with Crippen molar-refractivity contribution in [2.75, 3.05) is 38.1 Å². The van der Waals surface area contributed by atoms with Crippen LogP contribution in [0, 0.1) is 0 Å². The Morgan fingerprint density at radius 1 is 1.20 bits per heavy atom. The van der Waals surface area contributed by atoms with E-state index in [9.17, 15) is 0 Å². The fraction of sp³-hybridized carbons (Fsp3) is 0.600. The molecule has 112 valence electrons. The normalized spacial score (nSPS) is 16.9. The van der Waals surface area contributed by atoms with Crippen molar-refractivity contribution in [3.05, 3.63) is 12.1 Å². The summed E-state index contributed by atoms with van der Waals surface area (Å²) in [5, 5.41) is 3.49. The van der Waals surface area contributed by atoms with E-state index in [0.717, 1.165) is 12.2 Å². The van der Waals surface area contributed by atoms with E-state index >= 15 is 0 Å². The average Bonchev–Trinajstić information content (AvgIpc) is 2.95. The Hall–Kier alpha value is -1.23. The zero-order chi connectivity index (χ0) is 14.6. The SMILES string of the molecule is COc1cc(N)c(NCC2(SC)CCCC2)cc1OC. The van der Waals surface area contributed by atoms with Crippen LogP contribution < -0.4 is 20.5 Å². The molecule has 0 saturated heterocycles. The van der Waals surface area contributed by atoms with Crippen molar-refractivity contribution in [2.24, 2.45) is 0 Å². The molecule has 0 spiro atoms. The lowest BCUT2D eigenvalue weighted by Gasteiger charge is -2.28. The van der Waals surface area contributed by atoms with E-state index in [1.807, 2.05) is 23.9 Å². The summed E-state index contributed by atoms with van der Waals surface area (Å²) in [5.74, 6) is 1.37. The van der Waals surface area contributed by atoms with Gasteiger partial charge in [-0.2, -0.15) is 11.8 Å². The van der Waals surface area contributed by atoms with Gasteiger partial charge >= 0.3 is 0 Å². The average molecular weight is 296 g/mol. The van der Waals surface area contributed by atoms with E-state index in [1.165, 1.54) is 25.7 Å². The maximum Gasteiger partial charge on any atom is 0.162 e. The lowest BCUT2D eigenvalue weighted by molar-refractivity contribution is 0.355. The van der Waals surface area contributed by atoms with E-state index < -0.39 is 0 Å². The van der Waals surface area contributed by atoms with E-state index in [2.05, 4.69) is 11.6 Å². The van der Waals surface area contributed by atoms with Gasteiger partial charge in [-0.3, -0.25) is 0 Å². The van der Waals surface area contributed by atoms with Crippen molar-refractivity contribution in [3.8, 4) is 11.5 Å². The molecule has 1 saturated carbocycles. The van der Waals surface area contributed by atoms with Gasteiger partial charge in [0.1, 0.15) is 0 Å². The van der Waals surface area contributed by atoms with Crippen LogP contribution in [0.15, 0.2) is 12.1 Å². The van der Waals surface area contributed by atoms with Gasteiger partial charge in [0, 0.05) is 23.4 Å². The van der Waals surface area contributed by atoms with Crippen LogP contribution in [-0.2, 0) is 0 Å². The minimum Gasteiger partial charge on any atom is -0.493 e. The molecule has 0 bridgehead atoms. The van der Waals surface area contributed by atoms with Gasteiger partial charge in [0.05, 0.1) is 25.6 Å². The Morgan fingerprint density at radius 2 is 1.80 bits per heavy atom. The van der Waals surface area contributed by atoms with Gasteiger partial charge in [-0.25, -0.2) is 0 Å². The lowest BCUT2D eigenvalue weighted by Crippen LogP contribution is -2.30. The summed E-state index contributed by atoms with van der Waals surface area (Å²) in [5.41, 5.74) is 7.70.